The second kappa shape index (κ2) is 6.47. The molecule has 2 saturated heterocycles. The van der Waals surface area contributed by atoms with Gasteiger partial charge < -0.3 is 19.8 Å². The maximum Gasteiger partial charge on any atom is 0.229 e. The predicted octanol–water partition coefficient (Wildman–Crippen LogP) is 1.11. The van der Waals surface area contributed by atoms with Crippen LogP contribution in [-0.4, -0.2) is 61.5 Å². The number of hydrogen-bond acceptors (Lipinski definition) is 6. The number of anilines is 3. The van der Waals surface area contributed by atoms with Gasteiger partial charge in [-0.3, -0.25) is 0 Å². The molecule has 0 amide bonds. The number of aliphatic hydroxyl groups excluding tert-OH is 1. The van der Waals surface area contributed by atoms with Crippen LogP contribution in [0.5, 0.6) is 0 Å². The minimum absolute atomic E-state index is 0.137. The SMILES string of the molecule is CN(CCO)c1cc(N2CCCC2)nc(N2CCCC2)n1. The Morgan fingerprint density at radius 2 is 1.67 bits per heavy atom. The molecule has 1 N–H and O–H groups in total. The quantitative estimate of drug-likeness (QED) is 0.877. The lowest BCUT2D eigenvalue weighted by atomic mass is 10.4. The van der Waals surface area contributed by atoms with Crippen LogP contribution in [0.25, 0.3) is 0 Å². The molecule has 1 aromatic rings. The van der Waals surface area contributed by atoms with Gasteiger partial charge in [-0.2, -0.15) is 9.97 Å². The largest absolute Gasteiger partial charge is 0.395 e. The van der Waals surface area contributed by atoms with Crippen molar-refractivity contribution in [2.24, 2.45) is 0 Å². The van der Waals surface area contributed by atoms with E-state index in [1.54, 1.807) is 0 Å². The van der Waals surface area contributed by atoms with E-state index in [1.165, 1.54) is 25.7 Å². The summed E-state index contributed by atoms with van der Waals surface area (Å²) >= 11 is 0. The van der Waals surface area contributed by atoms with Crippen LogP contribution < -0.4 is 14.7 Å². The normalized spacial score (nSPS) is 18.6. The van der Waals surface area contributed by atoms with Crippen molar-refractivity contribution in [1.29, 1.82) is 0 Å². The lowest BCUT2D eigenvalue weighted by molar-refractivity contribution is 0.304. The van der Waals surface area contributed by atoms with Gasteiger partial charge in [0, 0.05) is 45.8 Å². The zero-order valence-corrected chi connectivity index (χ0v) is 12.8. The molecular weight excluding hydrogens is 266 g/mol. The summed E-state index contributed by atoms with van der Waals surface area (Å²) in [6, 6.07) is 2.06. The Morgan fingerprint density at radius 1 is 1.05 bits per heavy atom. The standard InChI is InChI=1S/C15H25N5O/c1-18(10-11-21)13-12-14(19-6-2-3-7-19)17-15(16-13)20-8-4-5-9-20/h12,21H,2-11H2,1H3. The van der Waals surface area contributed by atoms with E-state index in [-0.39, 0.29) is 6.61 Å². The molecule has 2 aliphatic rings. The number of likely N-dealkylation sites (N-methyl/N-ethyl adjacent to an activating group) is 1. The Bertz CT molecular complexity index is 435. The molecule has 3 heterocycles. The fraction of sp³-hybridized carbons (Fsp3) is 0.733. The molecule has 116 valence electrons. The molecule has 0 saturated carbocycles. The van der Waals surface area contributed by atoms with Crippen molar-refractivity contribution < 1.29 is 5.11 Å². The van der Waals surface area contributed by atoms with Crippen molar-refractivity contribution in [2.75, 3.05) is 61.1 Å². The Kier molecular flexibility index (Phi) is 4.43. The molecule has 0 radical (unpaired) electrons. The summed E-state index contributed by atoms with van der Waals surface area (Å²) in [5.74, 6) is 2.78. The summed E-state index contributed by atoms with van der Waals surface area (Å²) in [6.45, 7) is 4.99. The Labute approximate surface area is 126 Å². The van der Waals surface area contributed by atoms with E-state index >= 15 is 0 Å². The highest BCUT2D eigenvalue weighted by molar-refractivity contribution is 5.56. The summed E-state index contributed by atoms with van der Waals surface area (Å²) in [5, 5.41) is 9.15. The van der Waals surface area contributed by atoms with Crippen LogP contribution in [0.4, 0.5) is 17.6 Å². The minimum atomic E-state index is 0.137. The van der Waals surface area contributed by atoms with Crippen LogP contribution in [0.3, 0.4) is 0 Å². The Balaban J connectivity index is 1.90. The minimum Gasteiger partial charge on any atom is -0.395 e. The maximum absolute atomic E-state index is 9.15. The van der Waals surface area contributed by atoms with E-state index in [9.17, 15) is 0 Å². The molecule has 0 unspecified atom stereocenters. The molecule has 0 aliphatic carbocycles. The first-order valence-corrected chi connectivity index (χ1v) is 7.99. The first-order chi connectivity index (χ1) is 10.3. The van der Waals surface area contributed by atoms with Gasteiger partial charge in [0.1, 0.15) is 11.6 Å². The van der Waals surface area contributed by atoms with Crippen molar-refractivity contribution in [3.05, 3.63) is 6.07 Å². The Morgan fingerprint density at radius 3 is 2.29 bits per heavy atom. The van der Waals surface area contributed by atoms with Crippen LogP contribution >= 0.6 is 0 Å². The summed E-state index contributed by atoms with van der Waals surface area (Å²) in [4.78, 5) is 16.1. The topological polar surface area (TPSA) is 55.7 Å². The van der Waals surface area contributed by atoms with E-state index in [0.717, 1.165) is 43.8 Å². The lowest BCUT2D eigenvalue weighted by Gasteiger charge is -2.24. The third kappa shape index (κ3) is 3.20. The molecule has 0 aromatic carbocycles. The highest BCUT2D eigenvalue weighted by Gasteiger charge is 2.21. The van der Waals surface area contributed by atoms with Crippen molar-refractivity contribution in [1.82, 2.24) is 9.97 Å². The van der Waals surface area contributed by atoms with Crippen molar-refractivity contribution in [3.8, 4) is 0 Å². The first-order valence-electron chi connectivity index (χ1n) is 7.99. The highest BCUT2D eigenvalue weighted by Crippen LogP contribution is 2.26. The summed E-state index contributed by atoms with van der Waals surface area (Å²) in [6.07, 6.45) is 4.92. The third-order valence-corrected chi connectivity index (χ3v) is 4.33. The van der Waals surface area contributed by atoms with Gasteiger partial charge in [0.05, 0.1) is 6.61 Å². The third-order valence-electron chi connectivity index (χ3n) is 4.33. The van der Waals surface area contributed by atoms with Gasteiger partial charge in [-0.15, -0.1) is 0 Å². The van der Waals surface area contributed by atoms with Gasteiger partial charge in [0.25, 0.3) is 0 Å². The predicted molar refractivity (Wildman–Crippen MR) is 85.3 cm³/mol. The molecule has 2 fully saturated rings. The van der Waals surface area contributed by atoms with Crippen LogP contribution in [0.2, 0.25) is 0 Å². The molecular formula is C15H25N5O. The monoisotopic (exact) mass is 291 g/mol. The van der Waals surface area contributed by atoms with Gasteiger partial charge in [0.2, 0.25) is 5.95 Å². The molecule has 2 aliphatic heterocycles. The molecule has 6 nitrogen and oxygen atoms in total. The number of rotatable bonds is 5. The second-order valence-corrected chi connectivity index (χ2v) is 5.92. The smallest absolute Gasteiger partial charge is 0.229 e. The molecule has 21 heavy (non-hydrogen) atoms. The van der Waals surface area contributed by atoms with Crippen LogP contribution in [-0.2, 0) is 0 Å². The fourth-order valence-electron chi connectivity index (χ4n) is 3.04. The van der Waals surface area contributed by atoms with E-state index < -0.39 is 0 Å². The molecule has 6 heteroatoms. The first kappa shape index (κ1) is 14.4. The number of hydrogen-bond donors (Lipinski definition) is 1. The zero-order chi connectivity index (χ0) is 14.7. The van der Waals surface area contributed by atoms with Gasteiger partial charge >= 0.3 is 0 Å². The van der Waals surface area contributed by atoms with Crippen molar-refractivity contribution in [2.45, 2.75) is 25.7 Å². The number of nitrogens with zero attached hydrogens (tertiary/aromatic N) is 5. The zero-order valence-electron chi connectivity index (χ0n) is 12.8. The van der Waals surface area contributed by atoms with Gasteiger partial charge in [0.15, 0.2) is 0 Å². The van der Waals surface area contributed by atoms with Crippen LogP contribution in [0.15, 0.2) is 6.07 Å². The van der Waals surface area contributed by atoms with E-state index in [4.69, 9.17) is 15.1 Å². The Hall–Kier alpha value is -1.56. The lowest BCUT2D eigenvalue weighted by Crippen LogP contribution is -2.27. The molecule has 0 atom stereocenters. The second-order valence-electron chi connectivity index (χ2n) is 5.92. The highest BCUT2D eigenvalue weighted by atomic mass is 16.3. The van der Waals surface area contributed by atoms with Crippen LogP contribution in [0.1, 0.15) is 25.7 Å². The molecule has 1 aromatic heterocycles. The summed E-state index contributed by atoms with van der Waals surface area (Å²) in [5.41, 5.74) is 0. The van der Waals surface area contributed by atoms with E-state index in [0.29, 0.717) is 6.54 Å². The summed E-state index contributed by atoms with van der Waals surface area (Å²) < 4.78 is 0. The average Bonchev–Trinajstić information content (AvgIpc) is 3.20. The summed E-state index contributed by atoms with van der Waals surface area (Å²) in [7, 11) is 1.97. The van der Waals surface area contributed by atoms with Gasteiger partial charge in [-0.05, 0) is 25.7 Å². The van der Waals surface area contributed by atoms with E-state index in [2.05, 4.69) is 15.9 Å². The number of aromatic nitrogens is 2. The van der Waals surface area contributed by atoms with Gasteiger partial charge in [-0.25, -0.2) is 0 Å². The number of aliphatic hydroxyl groups is 1. The fourth-order valence-corrected chi connectivity index (χ4v) is 3.04. The van der Waals surface area contributed by atoms with Crippen molar-refractivity contribution in [3.63, 3.8) is 0 Å². The van der Waals surface area contributed by atoms with Gasteiger partial charge in [-0.1, -0.05) is 0 Å². The average molecular weight is 291 g/mol. The molecule has 0 bridgehead atoms. The van der Waals surface area contributed by atoms with E-state index in [1.807, 2.05) is 11.9 Å². The van der Waals surface area contributed by atoms with Crippen molar-refractivity contribution >= 4 is 17.6 Å². The van der Waals surface area contributed by atoms with Crippen LogP contribution in [0, 0.1) is 0 Å². The maximum atomic E-state index is 9.15. The molecule has 0 spiro atoms. The molecule has 3 rings (SSSR count).